The molecule has 5 N–H and O–H groups in total. The Morgan fingerprint density at radius 1 is 1.00 bits per heavy atom. The Balaban J connectivity index is 0.995. The quantitative estimate of drug-likeness (QED) is 0.265. The highest BCUT2D eigenvalue weighted by atomic mass is 16.5. The lowest BCUT2D eigenvalue weighted by molar-refractivity contribution is -0.00347. The molecule has 2 aromatic heterocycles. The van der Waals surface area contributed by atoms with Gasteiger partial charge in [-0.05, 0) is 24.3 Å². The Morgan fingerprint density at radius 3 is 2.41 bits per heavy atom. The second-order valence-corrected chi connectivity index (χ2v) is 9.69. The van der Waals surface area contributed by atoms with Gasteiger partial charge in [-0.25, -0.2) is 15.0 Å². The number of H-pyrrole nitrogens is 1. The molecule has 0 saturated carbocycles. The predicted octanol–water partition coefficient (Wildman–Crippen LogP) is 1.11. The van der Waals surface area contributed by atoms with Crippen molar-refractivity contribution < 1.29 is 19.1 Å². The number of para-hydroxylation sites is 1. The molecule has 39 heavy (non-hydrogen) atoms. The van der Waals surface area contributed by atoms with Crippen molar-refractivity contribution in [3.05, 3.63) is 71.5 Å². The highest BCUT2D eigenvalue weighted by Gasteiger charge is 2.29. The normalized spacial score (nSPS) is 15.4. The largest absolute Gasteiger partial charge is 0.377 e. The zero-order valence-corrected chi connectivity index (χ0v) is 20.9. The highest BCUT2D eigenvalue weighted by molar-refractivity contribution is 6.04. The monoisotopic (exact) mass is 526 g/mol. The number of aromatic amines is 1. The number of carbonyl (C=O) groups is 3. The molecule has 0 bridgehead atoms. The number of amides is 3. The van der Waals surface area contributed by atoms with Crippen LogP contribution in [-0.4, -0.2) is 76.5 Å². The van der Waals surface area contributed by atoms with Crippen LogP contribution in [0.25, 0.3) is 22.4 Å². The van der Waals surface area contributed by atoms with Crippen molar-refractivity contribution in [3.63, 3.8) is 0 Å². The van der Waals surface area contributed by atoms with E-state index >= 15 is 0 Å². The van der Waals surface area contributed by atoms with Crippen LogP contribution in [0, 0.1) is 5.92 Å². The van der Waals surface area contributed by atoms with Gasteiger partial charge < -0.3 is 31.0 Å². The molecule has 4 aromatic rings. The maximum absolute atomic E-state index is 12.7. The van der Waals surface area contributed by atoms with Crippen LogP contribution in [0.4, 0.5) is 5.95 Å². The summed E-state index contributed by atoms with van der Waals surface area (Å²) in [5.74, 6) is 0.513. The van der Waals surface area contributed by atoms with Crippen molar-refractivity contribution in [2.45, 2.75) is 6.04 Å². The van der Waals surface area contributed by atoms with Crippen molar-refractivity contribution in [2.75, 3.05) is 37.7 Å². The number of anilines is 1. The molecule has 2 fully saturated rings. The first-order valence-electron chi connectivity index (χ1n) is 12.6. The van der Waals surface area contributed by atoms with Crippen LogP contribution in [0.5, 0.6) is 0 Å². The lowest BCUT2D eigenvalue weighted by Crippen LogP contribution is -2.52. The Hall–Kier alpha value is -4.84. The third-order valence-corrected chi connectivity index (χ3v) is 6.86. The van der Waals surface area contributed by atoms with Gasteiger partial charge in [-0.3, -0.25) is 14.4 Å². The predicted molar refractivity (Wildman–Crippen MR) is 142 cm³/mol. The average molecular weight is 527 g/mol. The zero-order valence-electron chi connectivity index (χ0n) is 20.9. The maximum atomic E-state index is 12.7. The molecular weight excluding hydrogens is 500 g/mol. The average Bonchev–Trinajstić information content (AvgIpc) is 3.34. The lowest BCUT2D eigenvalue weighted by atomic mass is 10.0. The summed E-state index contributed by atoms with van der Waals surface area (Å²) >= 11 is 0. The Kier molecular flexibility index (Phi) is 6.37. The summed E-state index contributed by atoms with van der Waals surface area (Å²) in [6.45, 7) is 3.02. The summed E-state index contributed by atoms with van der Waals surface area (Å²) in [5, 5.41) is 5.84. The van der Waals surface area contributed by atoms with E-state index in [1.165, 1.54) is 12.4 Å². The minimum Gasteiger partial charge on any atom is -0.377 e. The summed E-state index contributed by atoms with van der Waals surface area (Å²) in [4.78, 5) is 54.9. The first-order valence-corrected chi connectivity index (χ1v) is 12.6. The van der Waals surface area contributed by atoms with E-state index in [9.17, 15) is 14.4 Å². The first kappa shape index (κ1) is 24.5. The fourth-order valence-electron chi connectivity index (χ4n) is 4.54. The maximum Gasteiger partial charge on any atom is 0.254 e. The minimum absolute atomic E-state index is 0.0519. The molecule has 4 heterocycles. The number of benzene rings is 2. The number of imidazole rings is 1. The second kappa shape index (κ2) is 10.1. The molecular formula is C27H26N8O4. The number of primary amides is 1. The first-order chi connectivity index (χ1) is 18.9. The van der Waals surface area contributed by atoms with Gasteiger partial charge in [-0.2, -0.15) is 0 Å². The van der Waals surface area contributed by atoms with Crippen molar-refractivity contribution in [2.24, 2.45) is 11.7 Å². The molecule has 12 nitrogen and oxygen atoms in total. The van der Waals surface area contributed by atoms with Crippen molar-refractivity contribution >= 4 is 34.7 Å². The van der Waals surface area contributed by atoms with E-state index < -0.39 is 5.91 Å². The van der Waals surface area contributed by atoms with Gasteiger partial charge in [-0.15, -0.1) is 0 Å². The van der Waals surface area contributed by atoms with Crippen molar-refractivity contribution in [1.29, 1.82) is 0 Å². The van der Waals surface area contributed by atoms with Gasteiger partial charge in [0.05, 0.1) is 35.9 Å². The van der Waals surface area contributed by atoms with E-state index in [1.807, 2.05) is 23.1 Å². The fraction of sp³-hybridized carbons (Fsp3) is 0.259. The van der Waals surface area contributed by atoms with E-state index in [0.717, 1.165) is 5.56 Å². The van der Waals surface area contributed by atoms with Crippen LogP contribution in [0.3, 0.4) is 0 Å². The van der Waals surface area contributed by atoms with E-state index in [-0.39, 0.29) is 23.8 Å². The van der Waals surface area contributed by atoms with Crippen LogP contribution in [-0.2, 0) is 4.74 Å². The highest BCUT2D eigenvalue weighted by Crippen LogP contribution is 2.24. The molecule has 2 aliphatic rings. The van der Waals surface area contributed by atoms with Gasteiger partial charge in [0, 0.05) is 49.1 Å². The van der Waals surface area contributed by atoms with Crippen molar-refractivity contribution in [1.82, 2.24) is 30.6 Å². The van der Waals surface area contributed by atoms with Gasteiger partial charge in [0.1, 0.15) is 11.3 Å². The molecule has 0 aliphatic carbocycles. The number of hydrogen-bond acceptors (Lipinski definition) is 8. The molecule has 198 valence electrons. The second-order valence-electron chi connectivity index (χ2n) is 9.69. The van der Waals surface area contributed by atoms with Crippen LogP contribution < -0.4 is 21.3 Å². The summed E-state index contributed by atoms with van der Waals surface area (Å²) in [7, 11) is 0. The van der Waals surface area contributed by atoms with Gasteiger partial charge in [-0.1, -0.05) is 18.2 Å². The van der Waals surface area contributed by atoms with Gasteiger partial charge in [0.25, 0.3) is 17.7 Å². The third-order valence-electron chi connectivity index (χ3n) is 6.86. The molecule has 6 rings (SSSR count). The fourth-order valence-corrected chi connectivity index (χ4v) is 4.54. The molecule has 2 saturated heterocycles. The standard InChI is InChI=1S/C27H26N8O4/c28-23(36)20-2-1-3-21-22(20)34-24(33-21)16-4-6-17(7-5-16)25(37)29-8-15-11-35(12-15)27-30-9-18(10-31-27)26(38)32-19-13-39-14-19/h1-7,9-10,15,19H,8,11-14H2,(H2,28,36)(H,29,37)(H,32,38)(H,33,34). The van der Waals surface area contributed by atoms with Gasteiger partial charge in [0.2, 0.25) is 5.95 Å². The lowest BCUT2D eigenvalue weighted by Gasteiger charge is -2.39. The molecule has 0 spiro atoms. The molecule has 0 unspecified atom stereocenters. The number of hydrogen-bond donors (Lipinski definition) is 4. The minimum atomic E-state index is -0.537. The third kappa shape index (κ3) is 5.01. The zero-order chi connectivity index (χ0) is 26.9. The Morgan fingerprint density at radius 2 is 1.74 bits per heavy atom. The summed E-state index contributed by atoms with van der Waals surface area (Å²) in [6, 6.07) is 12.4. The molecule has 12 heteroatoms. The Bertz CT molecular complexity index is 1540. The molecule has 3 amide bonds. The topological polar surface area (TPSA) is 168 Å². The van der Waals surface area contributed by atoms with Gasteiger partial charge >= 0.3 is 0 Å². The van der Waals surface area contributed by atoms with Crippen molar-refractivity contribution in [3.8, 4) is 11.4 Å². The summed E-state index contributed by atoms with van der Waals surface area (Å²) in [5.41, 5.74) is 8.77. The summed E-state index contributed by atoms with van der Waals surface area (Å²) < 4.78 is 5.06. The molecule has 2 aromatic carbocycles. The smallest absolute Gasteiger partial charge is 0.254 e. The van der Waals surface area contributed by atoms with E-state index in [2.05, 4.69) is 30.6 Å². The van der Waals surface area contributed by atoms with Crippen LogP contribution in [0.15, 0.2) is 54.9 Å². The Labute approximate surface area is 223 Å². The van der Waals surface area contributed by atoms with E-state index in [1.54, 1.807) is 24.3 Å². The molecule has 0 atom stereocenters. The summed E-state index contributed by atoms with van der Waals surface area (Å²) in [6.07, 6.45) is 3.05. The number of nitrogens with two attached hydrogens (primary N) is 1. The number of nitrogens with one attached hydrogen (secondary N) is 3. The van der Waals surface area contributed by atoms with Gasteiger partial charge in [0.15, 0.2) is 0 Å². The number of nitrogens with zero attached hydrogens (tertiary/aromatic N) is 4. The van der Waals surface area contributed by atoms with Crippen LogP contribution in [0.1, 0.15) is 31.1 Å². The molecule has 0 radical (unpaired) electrons. The number of aromatic nitrogens is 4. The van der Waals surface area contributed by atoms with Crippen LogP contribution >= 0.6 is 0 Å². The van der Waals surface area contributed by atoms with E-state index in [4.69, 9.17) is 10.5 Å². The molecule has 2 aliphatic heterocycles. The number of fused-ring (bicyclic) bond motifs is 1. The SMILES string of the molecule is NC(=O)c1cccc2[nH]c(-c3ccc(C(=O)NCC4CN(c5ncc(C(=O)NC6COC6)cn5)C4)cc3)nc12. The number of rotatable bonds is 8. The number of ether oxygens (including phenoxy) is 1. The van der Waals surface area contributed by atoms with E-state index in [0.29, 0.717) is 72.3 Å². The van der Waals surface area contributed by atoms with Crippen LogP contribution in [0.2, 0.25) is 0 Å². The number of carbonyl (C=O) groups excluding carboxylic acids is 3.